The molecule has 2 fully saturated rings. The van der Waals surface area contributed by atoms with Crippen molar-refractivity contribution in [1.82, 2.24) is 0 Å². The second kappa shape index (κ2) is 8.96. The number of hydrogen-bond donors (Lipinski definition) is 1. The first kappa shape index (κ1) is 22.2. The molecule has 0 aliphatic carbocycles. The average molecular weight is 443 g/mol. The summed E-state index contributed by atoms with van der Waals surface area (Å²) in [5.74, 6) is 0.362. The van der Waals surface area contributed by atoms with E-state index in [0.717, 1.165) is 68.8 Å². The van der Waals surface area contributed by atoms with E-state index in [1.54, 1.807) is 0 Å². The Kier molecular flexibility index (Phi) is 6.03. The predicted molar refractivity (Wildman–Crippen MR) is 133 cm³/mol. The average Bonchev–Trinajstić information content (AvgIpc) is 2.80. The number of phenols is 1. The lowest BCUT2D eigenvalue weighted by Crippen LogP contribution is -2.45. The van der Waals surface area contributed by atoms with E-state index in [4.69, 9.17) is 9.47 Å². The molecule has 2 saturated heterocycles. The van der Waals surface area contributed by atoms with Crippen LogP contribution in [0, 0.1) is 10.8 Å². The van der Waals surface area contributed by atoms with Crippen molar-refractivity contribution in [3.05, 3.63) is 77.9 Å². The van der Waals surface area contributed by atoms with Gasteiger partial charge in [0.25, 0.3) is 0 Å². The molecule has 0 radical (unpaired) electrons. The summed E-state index contributed by atoms with van der Waals surface area (Å²) in [6.07, 6.45) is 4.06. The molecule has 0 bridgehead atoms. The van der Waals surface area contributed by atoms with Crippen LogP contribution in [0.25, 0.3) is 22.3 Å². The van der Waals surface area contributed by atoms with E-state index in [1.807, 2.05) is 24.3 Å². The van der Waals surface area contributed by atoms with Crippen molar-refractivity contribution >= 4 is 0 Å². The SMILES string of the molecule is CCC1(Cc2cc(O)c(-c3ccccc3)c(-c3ccccc3)c2CC2(CC)COC2)COC1. The normalized spacial score (nSPS) is 18.4. The first-order valence-corrected chi connectivity index (χ1v) is 12.2. The third kappa shape index (κ3) is 4.09. The van der Waals surface area contributed by atoms with Gasteiger partial charge in [-0.2, -0.15) is 0 Å². The standard InChI is InChI=1S/C30H34O3/c1-3-29(18-32-19-29)16-24-15-26(31)28(23-13-9-6-10-14-23)27(22-11-7-5-8-12-22)25(24)17-30(4-2)20-33-21-30/h5-15,31H,3-4,16-21H2,1-2H3. The Morgan fingerprint density at radius 2 is 1.18 bits per heavy atom. The molecule has 0 amide bonds. The number of phenolic OH excluding ortho intramolecular Hbond substituents is 1. The highest BCUT2D eigenvalue weighted by atomic mass is 16.5. The molecule has 5 rings (SSSR count). The zero-order chi connectivity index (χ0) is 22.9. The summed E-state index contributed by atoms with van der Waals surface area (Å²) in [5.41, 5.74) is 7.26. The van der Waals surface area contributed by atoms with Gasteiger partial charge in [-0.15, -0.1) is 0 Å². The minimum absolute atomic E-state index is 0.165. The maximum atomic E-state index is 11.4. The molecule has 0 aromatic heterocycles. The molecular weight excluding hydrogens is 408 g/mol. The van der Waals surface area contributed by atoms with Crippen LogP contribution in [0.2, 0.25) is 0 Å². The van der Waals surface area contributed by atoms with Crippen molar-refractivity contribution in [3.63, 3.8) is 0 Å². The number of rotatable bonds is 8. The lowest BCUT2D eigenvalue weighted by atomic mass is 9.70. The summed E-state index contributed by atoms with van der Waals surface area (Å²) in [7, 11) is 0. The highest BCUT2D eigenvalue weighted by Crippen LogP contribution is 2.48. The zero-order valence-electron chi connectivity index (χ0n) is 19.8. The number of hydrogen-bond acceptors (Lipinski definition) is 3. The minimum atomic E-state index is 0.165. The molecule has 0 atom stereocenters. The van der Waals surface area contributed by atoms with Gasteiger partial charge in [-0.25, -0.2) is 0 Å². The fourth-order valence-corrected chi connectivity index (χ4v) is 5.37. The van der Waals surface area contributed by atoms with E-state index in [-0.39, 0.29) is 10.8 Å². The molecule has 172 valence electrons. The molecule has 1 N–H and O–H groups in total. The van der Waals surface area contributed by atoms with Gasteiger partial charge in [0.1, 0.15) is 5.75 Å². The Balaban J connectivity index is 1.76. The maximum absolute atomic E-state index is 11.4. The van der Waals surface area contributed by atoms with E-state index >= 15 is 0 Å². The van der Waals surface area contributed by atoms with E-state index in [9.17, 15) is 5.11 Å². The quantitative estimate of drug-likeness (QED) is 0.424. The van der Waals surface area contributed by atoms with E-state index in [0.29, 0.717) is 5.75 Å². The molecule has 0 saturated carbocycles. The van der Waals surface area contributed by atoms with Crippen LogP contribution < -0.4 is 0 Å². The summed E-state index contributed by atoms with van der Waals surface area (Å²) in [6.45, 7) is 7.74. The van der Waals surface area contributed by atoms with Crippen molar-refractivity contribution in [2.45, 2.75) is 39.5 Å². The van der Waals surface area contributed by atoms with Crippen molar-refractivity contribution < 1.29 is 14.6 Å². The van der Waals surface area contributed by atoms with Crippen LogP contribution in [0.4, 0.5) is 0 Å². The van der Waals surface area contributed by atoms with Crippen molar-refractivity contribution in [1.29, 1.82) is 0 Å². The van der Waals surface area contributed by atoms with Crippen LogP contribution in [0.1, 0.15) is 37.8 Å². The number of ether oxygens (including phenoxy) is 2. The van der Waals surface area contributed by atoms with Gasteiger partial charge < -0.3 is 14.6 Å². The van der Waals surface area contributed by atoms with Gasteiger partial charge >= 0.3 is 0 Å². The van der Waals surface area contributed by atoms with Gasteiger partial charge in [0.05, 0.1) is 26.4 Å². The Bertz CT molecular complexity index is 1090. The molecule has 3 aromatic carbocycles. The Hall–Kier alpha value is -2.62. The molecule has 0 unspecified atom stereocenters. The molecule has 2 aliphatic heterocycles. The second-order valence-electron chi connectivity index (χ2n) is 10.1. The molecule has 3 nitrogen and oxygen atoms in total. The lowest BCUT2D eigenvalue weighted by Gasteiger charge is -2.44. The monoisotopic (exact) mass is 442 g/mol. The lowest BCUT2D eigenvalue weighted by molar-refractivity contribution is -0.117. The highest BCUT2D eigenvalue weighted by Gasteiger charge is 2.41. The van der Waals surface area contributed by atoms with Crippen molar-refractivity contribution in [2.75, 3.05) is 26.4 Å². The molecule has 2 aliphatic rings. The molecular formula is C30H34O3. The first-order chi connectivity index (χ1) is 16.1. The summed E-state index contributed by atoms with van der Waals surface area (Å²) in [6, 6.07) is 22.9. The molecule has 3 heteroatoms. The smallest absolute Gasteiger partial charge is 0.124 e. The first-order valence-electron chi connectivity index (χ1n) is 12.2. The summed E-state index contributed by atoms with van der Waals surface area (Å²) >= 11 is 0. The largest absolute Gasteiger partial charge is 0.507 e. The van der Waals surface area contributed by atoms with Gasteiger partial charge in [0.15, 0.2) is 0 Å². The van der Waals surface area contributed by atoms with Gasteiger partial charge in [-0.3, -0.25) is 0 Å². The highest BCUT2D eigenvalue weighted by molar-refractivity contribution is 5.90. The number of aromatic hydroxyl groups is 1. The van der Waals surface area contributed by atoms with E-state index < -0.39 is 0 Å². The second-order valence-corrected chi connectivity index (χ2v) is 10.1. The van der Waals surface area contributed by atoms with Gasteiger partial charge in [0, 0.05) is 16.4 Å². The summed E-state index contributed by atoms with van der Waals surface area (Å²) < 4.78 is 11.4. The fraction of sp³-hybridized carbons (Fsp3) is 0.400. The Morgan fingerprint density at radius 1 is 0.697 bits per heavy atom. The number of benzene rings is 3. The summed E-state index contributed by atoms with van der Waals surface area (Å²) in [5, 5.41) is 11.4. The van der Waals surface area contributed by atoms with Crippen LogP contribution >= 0.6 is 0 Å². The zero-order valence-corrected chi connectivity index (χ0v) is 19.8. The maximum Gasteiger partial charge on any atom is 0.124 e. The molecule has 0 spiro atoms. The molecule has 2 heterocycles. The fourth-order valence-electron chi connectivity index (χ4n) is 5.37. The summed E-state index contributed by atoms with van der Waals surface area (Å²) in [4.78, 5) is 0. The van der Waals surface area contributed by atoms with Gasteiger partial charge in [-0.1, -0.05) is 74.5 Å². The van der Waals surface area contributed by atoms with Crippen LogP contribution in [0.5, 0.6) is 5.75 Å². The van der Waals surface area contributed by atoms with E-state index in [1.165, 1.54) is 16.7 Å². The van der Waals surface area contributed by atoms with Crippen molar-refractivity contribution in [3.8, 4) is 28.0 Å². The van der Waals surface area contributed by atoms with Crippen LogP contribution in [0.15, 0.2) is 66.7 Å². The van der Waals surface area contributed by atoms with Crippen LogP contribution in [0.3, 0.4) is 0 Å². The minimum Gasteiger partial charge on any atom is -0.507 e. The van der Waals surface area contributed by atoms with Gasteiger partial charge in [0.2, 0.25) is 0 Å². The van der Waals surface area contributed by atoms with Crippen molar-refractivity contribution in [2.24, 2.45) is 10.8 Å². The third-order valence-electron chi connectivity index (χ3n) is 7.88. The Morgan fingerprint density at radius 3 is 1.64 bits per heavy atom. The van der Waals surface area contributed by atoms with Gasteiger partial charge in [-0.05, 0) is 59.6 Å². The van der Waals surface area contributed by atoms with Crippen LogP contribution in [-0.4, -0.2) is 31.5 Å². The predicted octanol–water partition coefficient (Wildman–Crippen LogP) is 6.66. The van der Waals surface area contributed by atoms with Crippen LogP contribution in [-0.2, 0) is 22.3 Å². The molecule has 3 aromatic rings. The Labute approximate surface area is 197 Å². The molecule has 33 heavy (non-hydrogen) atoms. The topological polar surface area (TPSA) is 38.7 Å². The third-order valence-corrected chi connectivity index (χ3v) is 7.88. The van der Waals surface area contributed by atoms with E-state index in [2.05, 4.69) is 56.3 Å².